The number of hydrogen-bond acceptors (Lipinski definition) is 5. The van der Waals surface area contributed by atoms with Crippen LogP contribution in [-0.2, 0) is 6.42 Å². The van der Waals surface area contributed by atoms with E-state index in [1.54, 1.807) is 17.0 Å². The number of carbonyl (C=O) groups is 1. The number of rotatable bonds is 4. The van der Waals surface area contributed by atoms with E-state index in [-0.39, 0.29) is 11.5 Å². The zero-order valence-electron chi connectivity index (χ0n) is 19.6. The zero-order chi connectivity index (χ0) is 23.8. The first kappa shape index (κ1) is 22.0. The molecule has 2 aromatic heterocycles. The van der Waals surface area contributed by atoms with Crippen LogP contribution in [0, 0.1) is 19.7 Å². The van der Waals surface area contributed by atoms with Gasteiger partial charge in [-0.2, -0.15) is 5.10 Å². The van der Waals surface area contributed by atoms with Gasteiger partial charge in [0.1, 0.15) is 17.5 Å². The minimum atomic E-state index is -0.487. The van der Waals surface area contributed by atoms with Crippen molar-refractivity contribution >= 4 is 22.8 Å². The van der Waals surface area contributed by atoms with Crippen molar-refractivity contribution in [3.05, 3.63) is 77.0 Å². The number of carbonyl (C=O) groups excluding carboxylic acids is 1. The zero-order valence-corrected chi connectivity index (χ0v) is 19.6. The molecule has 0 bridgehead atoms. The largest absolute Gasteiger partial charge is 0.352 e. The highest BCUT2D eigenvalue weighted by atomic mass is 19.1. The highest BCUT2D eigenvalue weighted by Gasteiger charge is 2.27. The molecule has 34 heavy (non-hydrogen) atoms. The lowest BCUT2D eigenvalue weighted by molar-refractivity contribution is 0.0742. The Morgan fingerprint density at radius 3 is 2.38 bits per heavy atom. The number of hydrogen-bond donors (Lipinski definition) is 0. The van der Waals surface area contributed by atoms with Crippen molar-refractivity contribution in [1.29, 1.82) is 0 Å². The number of anilines is 1. The van der Waals surface area contributed by atoms with E-state index in [2.05, 4.69) is 17.9 Å². The molecule has 1 aliphatic rings. The summed E-state index contributed by atoms with van der Waals surface area (Å²) in [7, 11) is 0. The van der Waals surface area contributed by atoms with Crippen LogP contribution < -0.4 is 4.90 Å². The number of piperazine rings is 1. The van der Waals surface area contributed by atoms with E-state index in [1.165, 1.54) is 12.1 Å². The average molecular weight is 459 g/mol. The summed E-state index contributed by atoms with van der Waals surface area (Å²) in [5.74, 6) is 0.835. The van der Waals surface area contributed by atoms with Crippen LogP contribution in [0.4, 0.5) is 10.2 Å². The van der Waals surface area contributed by atoms with E-state index in [0.717, 1.165) is 39.6 Å². The Labute approximate surface area is 197 Å². The van der Waals surface area contributed by atoms with Gasteiger partial charge in [0.15, 0.2) is 5.65 Å². The molecule has 174 valence electrons. The fourth-order valence-electron chi connectivity index (χ4n) is 4.49. The first-order valence-electron chi connectivity index (χ1n) is 11.6. The molecule has 0 saturated carbocycles. The van der Waals surface area contributed by atoms with E-state index >= 15 is 0 Å². The summed E-state index contributed by atoms with van der Waals surface area (Å²) in [6, 6.07) is 14.3. The third kappa shape index (κ3) is 3.79. The quantitative estimate of drug-likeness (QED) is 0.461. The van der Waals surface area contributed by atoms with Crippen molar-refractivity contribution in [3.8, 4) is 5.69 Å². The van der Waals surface area contributed by atoms with Gasteiger partial charge >= 0.3 is 0 Å². The normalized spacial score (nSPS) is 14.1. The predicted octanol–water partition coefficient (Wildman–Crippen LogP) is 4.10. The van der Waals surface area contributed by atoms with Crippen LogP contribution in [0.15, 0.2) is 48.5 Å². The smallest absolute Gasteiger partial charge is 0.256 e. The van der Waals surface area contributed by atoms with Crippen LogP contribution in [0.25, 0.3) is 16.7 Å². The van der Waals surface area contributed by atoms with E-state index in [4.69, 9.17) is 15.1 Å². The van der Waals surface area contributed by atoms with Gasteiger partial charge in [-0.25, -0.2) is 19.0 Å². The third-order valence-electron chi connectivity index (χ3n) is 6.36. The van der Waals surface area contributed by atoms with Gasteiger partial charge in [0.25, 0.3) is 5.91 Å². The second kappa shape index (κ2) is 8.85. The van der Waals surface area contributed by atoms with Crippen LogP contribution in [0.1, 0.15) is 34.4 Å². The van der Waals surface area contributed by atoms with Crippen LogP contribution in [-0.4, -0.2) is 56.7 Å². The van der Waals surface area contributed by atoms with Crippen molar-refractivity contribution in [3.63, 3.8) is 0 Å². The molecular weight excluding hydrogens is 431 g/mol. The van der Waals surface area contributed by atoms with Gasteiger partial charge in [0.2, 0.25) is 0 Å². The summed E-state index contributed by atoms with van der Waals surface area (Å²) in [5, 5.41) is 5.75. The van der Waals surface area contributed by atoms with Crippen molar-refractivity contribution in [2.24, 2.45) is 0 Å². The SMILES string of the molecule is CCc1nc(N2CCN(C(=O)c3ccccc3F)CC2)c2c(C)nn(-c3ccccc3C)c2n1. The maximum absolute atomic E-state index is 14.1. The number of aromatic nitrogens is 4. The van der Waals surface area contributed by atoms with E-state index in [1.807, 2.05) is 36.7 Å². The molecule has 0 radical (unpaired) electrons. The van der Waals surface area contributed by atoms with Crippen molar-refractivity contribution in [2.45, 2.75) is 27.2 Å². The van der Waals surface area contributed by atoms with Crippen LogP contribution in [0.2, 0.25) is 0 Å². The molecule has 8 heteroatoms. The Morgan fingerprint density at radius 2 is 1.68 bits per heavy atom. The van der Waals surface area contributed by atoms with Gasteiger partial charge in [0.05, 0.1) is 22.3 Å². The monoisotopic (exact) mass is 458 g/mol. The maximum Gasteiger partial charge on any atom is 0.256 e. The number of nitrogens with zero attached hydrogens (tertiary/aromatic N) is 6. The Hall–Kier alpha value is -3.81. The molecule has 3 heterocycles. The fourth-order valence-corrected chi connectivity index (χ4v) is 4.49. The summed E-state index contributed by atoms with van der Waals surface area (Å²) in [6.07, 6.45) is 0.701. The molecule has 0 aliphatic carbocycles. The maximum atomic E-state index is 14.1. The molecule has 0 spiro atoms. The molecular formula is C26H27FN6O. The number of aryl methyl sites for hydroxylation is 3. The summed E-state index contributed by atoms with van der Waals surface area (Å²) in [5.41, 5.74) is 3.88. The highest BCUT2D eigenvalue weighted by molar-refractivity contribution is 5.95. The summed E-state index contributed by atoms with van der Waals surface area (Å²) < 4.78 is 16.0. The molecule has 7 nitrogen and oxygen atoms in total. The van der Waals surface area contributed by atoms with Crippen LogP contribution in [0.3, 0.4) is 0 Å². The van der Waals surface area contributed by atoms with Crippen LogP contribution in [0.5, 0.6) is 0 Å². The predicted molar refractivity (Wildman–Crippen MR) is 130 cm³/mol. The van der Waals surface area contributed by atoms with Gasteiger partial charge in [-0.05, 0) is 37.6 Å². The van der Waals surface area contributed by atoms with E-state index in [0.29, 0.717) is 32.6 Å². The lowest BCUT2D eigenvalue weighted by Crippen LogP contribution is -2.49. The Morgan fingerprint density at radius 1 is 0.971 bits per heavy atom. The summed E-state index contributed by atoms with van der Waals surface area (Å²) in [4.78, 5) is 26.5. The number of amides is 1. The fraction of sp³-hybridized carbons (Fsp3) is 0.308. The summed E-state index contributed by atoms with van der Waals surface area (Å²) in [6.45, 7) is 8.27. The lowest BCUT2D eigenvalue weighted by atomic mass is 10.1. The number of para-hydroxylation sites is 1. The standard InChI is InChI=1S/C26H27FN6O/c1-4-22-28-24(23-18(3)30-33(25(23)29-22)21-12-8-5-9-17(21)2)31-13-15-32(16-14-31)26(34)19-10-6-7-11-20(19)27/h5-12H,4,13-16H2,1-3H3. The van der Waals surface area contributed by atoms with Crippen molar-refractivity contribution in [1.82, 2.24) is 24.6 Å². The van der Waals surface area contributed by atoms with Crippen molar-refractivity contribution < 1.29 is 9.18 Å². The number of benzene rings is 2. The Kier molecular flexibility index (Phi) is 5.73. The first-order valence-corrected chi connectivity index (χ1v) is 11.6. The number of halogens is 1. The molecule has 0 atom stereocenters. The molecule has 1 saturated heterocycles. The highest BCUT2D eigenvalue weighted by Crippen LogP contribution is 2.30. The van der Waals surface area contributed by atoms with Gasteiger partial charge in [-0.15, -0.1) is 0 Å². The molecule has 4 aromatic rings. The molecule has 1 fully saturated rings. The number of fused-ring (bicyclic) bond motifs is 1. The Bertz CT molecular complexity index is 1370. The minimum Gasteiger partial charge on any atom is -0.352 e. The molecule has 1 amide bonds. The third-order valence-corrected chi connectivity index (χ3v) is 6.36. The summed E-state index contributed by atoms with van der Waals surface area (Å²) >= 11 is 0. The van der Waals surface area contributed by atoms with Gasteiger partial charge in [-0.1, -0.05) is 37.3 Å². The lowest BCUT2D eigenvalue weighted by Gasteiger charge is -2.35. The molecule has 5 rings (SSSR count). The second-order valence-electron chi connectivity index (χ2n) is 8.56. The van der Waals surface area contributed by atoms with Gasteiger partial charge in [-0.3, -0.25) is 4.79 Å². The van der Waals surface area contributed by atoms with Gasteiger partial charge < -0.3 is 9.80 Å². The topological polar surface area (TPSA) is 67.2 Å². The second-order valence-corrected chi connectivity index (χ2v) is 8.56. The average Bonchev–Trinajstić information content (AvgIpc) is 3.19. The van der Waals surface area contributed by atoms with Crippen LogP contribution >= 0.6 is 0 Å². The molecule has 0 N–H and O–H groups in total. The molecule has 2 aromatic carbocycles. The van der Waals surface area contributed by atoms with E-state index in [9.17, 15) is 9.18 Å². The first-order chi connectivity index (χ1) is 16.5. The van der Waals surface area contributed by atoms with Crippen molar-refractivity contribution in [2.75, 3.05) is 31.1 Å². The van der Waals surface area contributed by atoms with E-state index < -0.39 is 5.82 Å². The minimum absolute atomic E-state index is 0.115. The Balaban J connectivity index is 1.48. The molecule has 0 unspecified atom stereocenters. The molecule has 1 aliphatic heterocycles. The van der Waals surface area contributed by atoms with Gasteiger partial charge in [0, 0.05) is 32.6 Å².